The fourth-order valence-electron chi connectivity index (χ4n) is 2.66. The zero-order chi connectivity index (χ0) is 12.8. The van der Waals surface area contributed by atoms with E-state index in [4.69, 9.17) is 10.3 Å². The summed E-state index contributed by atoms with van der Waals surface area (Å²) in [6.45, 7) is 11.1. The van der Waals surface area contributed by atoms with Crippen LogP contribution in [0.4, 0.5) is 0 Å². The van der Waals surface area contributed by atoms with E-state index in [9.17, 15) is 0 Å². The van der Waals surface area contributed by atoms with Gasteiger partial charge in [0, 0.05) is 18.4 Å². The average Bonchev–Trinajstić information content (AvgIpc) is 2.57. The highest BCUT2D eigenvalue weighted by Gasteiger charge is 2.67. The van der Waals surface area contributed by atoms with Crippen LogP contribution in [0.25, 0.3) is 0 Å². The predicted molar refractivity (Wildman–Crippen MR) is 66.6 cm³/mol. The van der Waals surface area contributed by atoms with E-state index in [0.29, 0.717) is 12.3 Å². The van der Waals surface area contributed by atoms with E-state index < -0.39 is 0 Å². The molecule has 0 bridgehead atoms. The van der Waals surface area contributed by atoms with Crippen molar-refractivity contribution in [3.63, 3.8) is 0 Å². The van der Waals surface area contributed by atoms with E-state index in [2.05, 4.69) is 44.8 Å². The van der Waals surface area contributed by atoms with Gasteiger partial charge in [-0.05, 0) is 17.3 Å². The molecule has 4 nitrogen and oxygen atoms in total. The first-order valence-electron chi connectivity index (χ1n) is 6.38. The molecular weight excluding hydrogens is 214 g/mol. The molecule has 1 aliphatic carbocycles. The second kappa shape index (κ2) is 3.80. The van der Waals surface area contributed by atoms with Gasteiger partial charge in [0.2, 0.25) is 5.89 Å². The quantitative estimate of drug-likeness (QED) is 0.873. The first-order valence-corrected chi connectivity index (χ1v) is 6.38. The van der Waals surface area contributed by atoms with Gasteiger partial charge >= 0.3 is 0 Å². The van der Waals surface area contributed by atoms with Crippen molar-refractivity contribution in [3.8, 4) is 0 Å². The molecule has 1 fully saturated rings. The summed E-state index contributed by atoms with van der Waals surface area (Å²) < 4.78 is 5.39. The third-order valence-electron chi connectivity index (χ3n) is 4.72. The lowest BCUT2D eigenvalue weighted by Crippen LogP contribution is -2.22. The molecule has 17 heavy (non-hydrogen) atoms. The molecule has 1 aromatic heterocycles. The normalized spacial score (nSPS) is 23.6. The van der Waals surface area contributed by atoms with Gasteiger partial charge in [-0.15, -0.1) is 0 Å². The molecule has 0 aliphatic heterocycles. The fraction of sp³-hybridized carbons (Fsp3) is 0.846. The van der Waals surface area contributed by atoms with E-state index in [-0.39, 0.29) is 16.9 Å². The number of rotatable bonds is 4. The monoisotopic (exact) mass is 237 g/mol. The minimum Gasteiger partial charge on any atom is -0.339 e. The Bertz CT molecular complexity index is 395. The Morgan fingerprint density at radius 2 is 1.88 bits per heavy atom. The average molecular weight is 237 g/mol. The molecule has 0 spiro atoms. The maximum atomic E-state index is 5.89. The molecule has 4 heteroatoms. The molecule has 0 amide bonds. The maximum absolute atomic E-state index is 5.89. The van der Waals surface area contributed by atoms with Gasteiger partial charge in [0.25, 0.3) is 0 Å². The van der Waals surface area contributed by atoms with Crippen molar-refractivity contribution in [3.05, 3.63) is 11.7 Å². The van der Waals surface area contributed by atoms with Crippen LogP contribution in [0, 0.1) is 10.8 Å². The van der Waals surface area contributed by atoms with Crippen LogP contribution in [0.5, 0.6) is 0 Å². The molecule has 1 atom stereocenters. The summed E-state index contributed by atoms with van der Waals surface area (Å²) in [5, 5.41) is 4.03. The van der Waals surface area contributed by atoms with Crippen molar-refractivity contribution >= 4 is 0 Å². The first kappa shape index (κ1) is 12.6. The number of hydrogen-bond acceptors (Lipinski definition) is 4. The lowest BCUT2D eigenvalue weighted by molar-refractivity contribution is 0.359. The van der Waals surface area contributed by atoms with Crippen LogP contribution in [0.15, 0.2) is 4.52 Å². The topological polar surface area (TPSA) is 64.9 Å². The van der Waals surface area contributed by atoms with E-state index in [1.54, 1.807) is 0 Å². The lowest BCUT2D eigenvalue weighted by atomic mass is 10.0. The van der Waals surface area contributed by atoms with Crippen molar-refractivity contribution < 1.29 is 4.52 Å². The molecule has 2 N–H and O–H groups in total. The maximum Gasteiger partial charge on any atom is 0.230 e. The van der Waals surface area contributed by atoms with Gasteiger partial charge in [-0.3, -0.25) is 0 Å². The molecule has 1 heterocycles. The van der Waals surface area contributed by atoms with Crippen LogP contribution in [-0.4, -0.2) is 16.2 Å². The Kier molecular flexibility index (Phi) is 2.81. The van der Waals surface area contributed by atoms with Gasteiger partial charge in [0.05, 0.1) is 0 Å². The van der Waals surface area contributed by atoms with E-state index in [0.717, 1.165) is 18.1 Å². The number of hydrogen-bond donors (Lipinski definition) is 1. The van der Waals surface area contributed by atoms with Gasteiger partial charge in [-0.2, -0.15) is 4.98 Å². The third-order valence-corrected chi connectivity index (χ3v) is 4.72. The highest BCUT2D eigenvalue weighted by molar-refractivity contribution is 5.24. The zero-order valence-electron chi connectivity index (χ0n) is 11.4. The molecule has 0 aromatic carbocycles. The van der Waals surface area contributed by atoms with Crippen molar-refractivity contribution in [2.75, 3.05) is 0 Å². The van der Waals surface area contributed by atoms with Gasteiger partial charge in [-0.1, -0.05) is 39.8 Å². The van der Waals surface area contributed by atoms with Crippen LogP contribution in [0.3, 0.4) is 0 Å². The molecule has 0 saturated heterocycles. The van der Waals surface area contributed by atoms with Gasteiger partial charge in [-0.25, -0.2) is 0 Å². The molecule has 0 radical (unpaired) electrons. The van der Waals surface area contributed by atoms with Crippen molar-refractivity contribution in [1.82, 2.24) is 10.1 Å². The highest BCUT2D eigenvalue weighted by atomic mass is 16.5. The summed E-state index contributed by atoms with van der Waals surface area (Å²) in [6, 6.07) is 0.126. The van der Waals surface area contributed by atoms with Crippen molar-refractivity contribution in [2.24, 2.45) is 16.6 Å². The number of aromatic nitrogens is 2. The summed E-state index contributed by atoms with van der Waals surface area (Å²) in [5.74, 6) is 1.89. The number of nitrogens with zero attached hydrogens (tertiary/aromatic N) is 2. The summed E-state index contributed by atoms with van der Waals surface area (Å²) in [5.41, 5.74) is 6.37. The van der Waals surface area contributed by atoms with Crippen molar-refractivity contribution in [2.45, 2.75) is 59.4 Å². The highest BCUT2D eigenvalue weighted by Crippen LogP contribution is 2.73. The Balaban J connectivity index is 2.11. The van der Waals surface area contributed by atoms with Crippen LogP contribution in [-0.2, 0) is 6.42 Å². The first-order chi connectivity index (χ1) is 7.80. The van der Waals surface area contributed by atoms with Gasteiger partial charge in [0.15, 0.2) is 5.82 Å². The Labute approximate surface area is 103 Å². The minimum atomic E-state index is 0.126. The Hall–Kier alpha value is -0.900. The molecule has 2 rings (SSSR count). The van der Waals surface area contributed by atoms with Crippen LogP contribution >= 0.6 is 0 Å². The van der Waals surface area contributed by atoms with E-state index in [1.807, 2.05) is 0 Å². The van der Waals surface area contributed by atoms with Crippen LogP contribution in [0.1, 0.15) is 58.7 Å². The van der Waals surface area contributed by atoms with E-state index in [1.165, 1.54) is 0 Å². The largest absolute Gasteiger partial charge is 0.339 e. The molecular formula is C13H23N3O. The molecule has 1 aliphatic rings. The molecule has 1 unspecified atom stereocenters. The summed E-state index contributed by atoms with van der Waals surface area (Å²) >= 11 is 0. The summed E-state index contributed by atoms with van der Waals surface area (Å²) in [7, 11) is 0. The van der Waals surface area contributed by atoms with E-state index >= 15 is 0 Å². The predicted octanol–water partition coefficient (Wildman–Crippen LogP) is 2.50. The SMILES string of the molecule is CCC(N)Cc1noc(C2C(C)(C)C2(C)C)n1. The third kappa shape index (κ3) is 1.88. The fourth-order valence-corrected chi connectivity index (χ4v) is 2.66. The zero-order valence-corrected chi connectivity index (χ0v) is 11.4. The lowest BCUT2D eigenvalue weighted by Gasteiger charge is -2.03. The van der Waals surface area contributed by atoms with Crippen LogP contribution in [0.2, 0.25) is 0 Å². The van der Waals surface area contributed by atoms with Crippen molar-refractivity contribution in [1.29, 1.82) is 0 Å². The Morgan fingerprint density at radius 3 is 2.35 bits per heavy atom. The van der Waals surface area contributed by atoms with Gasteiger partial charge < -0.3 is 10.3 Å². The summed E-state index contributed by atoms with van der Waals surface area (Å²) in [4.78, 5) is 4.49. The standard InChI is InChI=1S/C13H23N3O/c1-6-8(14)7-9-15-11(17-16-9)10-12(2,3)13(10,4)5/h8,10H,6-7,14H2,1-5H3. The van der Waals surface area contributed by atoms with Crippen LogP contribution < -0.4 is 5.73 Å². The smallest absolute Gasteiger partial charge is 0.230 e. The molecule has 1 saturated carbocycles. The second-order valence-electron chi connectivity index (χ2n) is 6.30. The molecule has 1 aromatic rings. The Morgan fingerprint density at radius 1 is 1.29 bits per heavy atom. The summed E-state index contributed by atoms with van der Waals surface area (Å²) in [6.07, 6.45) is 1.64. The number of nitrogens with two attached hydrogens (primary N) is 1. The second-order valence-corrected chi connectivity index (χ2v) is 6.30. The molecule has 96 valence electrons. The minimum absolute atomic E-state index is 0.126. The van der Waals surface area contributed by atoms with Gasteiger partial charge in [0.1, 0.15) is 0 Å².